The van der Waals surface area contributed by atoms with Crippen LogP contribution in [0.1, 0.15) is 18.4 Å². The van der Waals surface area contributed by atoms with Gasteiger partial charge in [-0.2, -0.15) is 0 Å². The van der Waals surface area contributed by atoms with Crippen LogP contribution in [0.15, 0.2) is 24.3 Å². The number of fused-ring (bicyclic) bond motifs is 3. The third-order valence-corrected chi connectivity index (χ3v) is 4.53. The first-order valence-corrected chi connectivity index (χ1v) is 7.34. The van der Waals surface area contributed by atoms with E-state index in [1.807, 2.05) is 24.3 Å². The quantitative estimate of drug-likeness (QED) is 0.918. The van der Waals surface area contributed by atoms with Crippen LogP contribution in [-0.2, 0) is 11.2 Å². The Morgan fingerprint density at radius 1 is 1.26 bits per heavy atom. The Balaban J connectivity index is 1.55. The van der Waals surface area contributed by atoms with Crippen molar-refractivity contribution < 1.29 is 4.79 Å². The molecule has 1 atom stereocenters. The Morgan fingerprint density at radius 2 is 1.95 bits per heavy atom. The summed E-state index contributed by atoms with van der Waals surface area (Å²) in [5, 5.41) is 3.91. The number of rotatable bonds is 3. The van der Waals surface area contributed by atoms with Crippen molar-refractivity contribution in [2.75, 3.05) is 19.6 Å². The highest BCUT2D eigenvalue weighted by atomic mass is 35.5. The molecule has 1 aromatic rings. The number of nitrogens with zero attached hydrogens (tertiary/aromatic N) is 1. The molecule has 1 amide bonds. The summed E-state index contributed by atoms with van der Waals surface area (Å²) in [6.07, 6.45) is 2.90. The molecule has 3 saturated heterocycles. The molecule has 3 heterocycles. The Hall–Kier alpha value is -1.06. The maximum Gasteiger partial charge on any atom is 0.224 e. The highest BCUT2D eigenvalue weighted by Crippen LogP contribution is 2.27. The van der Waals surface area contributed by atoms with Crippen LogP contribution in [0.5, 0.6) is 0 Å². The first-order valence-electron chi connectivity index (χ1n) is 6.97. The molecule has 3 aliphatic heterocycles. The van der Waals surface area contributed by atoms with Gasteiger partial charge in [-0.25, -0.2) is 0 Å². The molecule has 4 heteroatoms. The number of hydrogen-bond acceptors (Lipinski definition) is 2. The van der Waals surface area contributed by atoms with E-state index in [9.17, 15) is 4.79 Å². The van der Waals surface area contributed by atoms with Crippen LogP contribution in [-0.4, -0.2) is 36.5 Å². The van der Waals surface area contributed by atoms with Crippen molar-refractivity contribution in [1.29, 1.82) is 0 Å². The number of carbonyl (C=O) groups is 1. The number of carbonyl (C=O) groups excluding carboxylic acids is 1. The van der Waals surface area contributed by atoms with Gasteiger partial charge in [-0.1, -0.05) is 23.7 Å². The lowest BCUT2D eigenvalue weighted by molar-refractivity contribution is -0.122. The summed E-state index contributed by atoms with van der Waals surface area (Å²) in [6.45, 7) is 3.43. The van der Waals surface area contributed by atoms with E-state index in [0.29, 0.717) is 23.4 Å². The normalized spacial score (nSPS) is 29.2. The highest BCUT2D eigenvalue weighted by molar-refractivity contribution is 6.30. The Kier molecular flexibility index (Phi) is 3.76. The summed E-state index contributed by atoms with van der Waals surface area (Å²) in [5.41, 5.74) is 1.02. The van der Waals surface area contributed by atoms with Crippen LogP contribution >= 0.6 is 11.6 Å². The van der Waals surface area contributed by atoms with Crippen molar-refractivity contribution in [2.45, 2.75) is 25.3 Å². The van der Waals surface area contributed by atoms with Gasteiger partial charge in [0.1, 0.15) is 0 Å². The third-order valence-electron chi connectivity index (χ3n) is 4.28. The van der Waals surface area contributed by atoms with Crippen molar-refractivity contribution in [2.24, 2.45) is 5.92 Å². The summed E-state index contributed by atoms with van der Waals surface area (Å²) < 4.78 is 0. The number of piperidine rings is 3. The van der Waals surface area contributed by atoms with Crippen molar-refractivity contribution in [1.82, 2.24) is 10.2 Å². The Morgan fingerprint density at radius 3 is 2.53 bits per heavy atom. The minimum Gasteiger partial charge on any atom is -0.352 e. The van der Waals surface area contributed by atoms with Gasteiger partial charge in [0, 0.05) is 17.6 Å². The Bertz CT molecular complexity index is 452. The fourth-order valence-electron chi connectivity index (χ4n) is 3.17. The number of benzene rings is 1. The van der Waals surface area contributed by atoms with Crippen molar-refractivity contribution in [3.63, 3.8) is 0 Å². The van der Waals surface area contributed by atoms with Crippen molar-refractivity contribution in [3.8, 4) is 0 Å². The largest absolute Gasteiger partial charge is 0.352 e. The van der Waals surface area contributed by atoms with Gasteiger partial charge < -0.3 is 10.2 Å². The molecule has 1 aromatic carbocycles. The molecule has 0 aliphatic carbocycles. The van der Waals surface area contributed by atoms with E-state index in [1.165, 1.54) is 25.9 Å². The zero-order valence-electron chi connectivity index (χ0n) is 10.9. The van der Waals surface area contributed by atoms with Crippen LogP contribution in [0, 0.1) is 5.92 Å². The first kappa shape index (κ1) is 12.9. The van der Waals surface area contributed by atoms with Crippen LogP contribution in [0.4, 0.5) is 0 Å². The van der Waals surface area contributed by atoms with E-state index in [4.69, 9.17) is 11.6 Å². The molecule has 1 N–H and O–H groups in total. The SMILES string of the molecule is O=C(Cc1ccc(Cl)cc1)NC1CN2CCC1CC2. The summed E-state index contributed by atoms with van der Waals surface area (Å²) in [4.78, 5) is 14.5. The lowest BCUT2D eigenvalue weighted by Crippen LogP contribution is -2.57. The number of hydrogen-bond donors (Lipinski definition) is 1. The predicted molar refractivity (Wildman–Crippen MR) is 76.3 cm³/mol. The standard InChI is InChI=1S/C15H19ClN2O/c16-13-3-1-11(2-4-13)9-15(19)17-14-10-18-7-5-12(14)6-8-18/h1-4,12,14H,5-10H2,(H,17,19). The zero-order valence-corrected chi connectivity index (χ0v) is 11.7. The van der Waals surface area contributed by atoms with Gasteiger partial charge in [-0.15, -0.1) is 0 Å². The molecule has 0 spiro atoms. The van der Waals surface area contributed by atoms with Crippen molar-refractivity contribution >= 4 is 17.5 Å². The summed E-state index contributed by atoms with van der Waals surface area (Å²) in [7, 11) is 0. The maximum atomic E-state index is 12.1. The first-order chi connectivity index (χ1) is 9.20. The maximum absolute atomic E-state index is 12.1. The lowest BCUT2D eigenvalue weighted by atomic mass is 9.84. The average molecular weight is 279 g/mol. The molecule has 0 aromatic heterocycles. The van der Waals surface area contributed by atoms with E-state index in [-0.39, 0.29) is 5.91 Å². The van der Waals surface area contributed by atoms with Crippen LogP contribution < -0.4 is 5.32 Å². The predicted octanol–water partition coefficient (Wildman–Crippen LogP) is 2.09. The number of nitrogens with one attached hydrogen (secondary N) is 1. The topological polar surface area (TPSA) is 32.3 Å². The van der Waals surface area contributed by atoms with E-state index < -0.39 is 0 Å². The summed E-state index contributed by atoms with van der Waals surface area (Å²) in [6, 6.07) is 7.84. The molecule has 3 fully saturated rings. The summed E-state index contributed by atoms with van der Waals surface area (Å²) >= 11 is 5.84. The third kappa shape index (κ3) is 3.10. The van der Waals surface area contributed by atoms with E-state index in [2.05, 4.69) is 10.2 Å². The zero-order chi connectivity index (χ0) is 13.2. The van der Waals surface area contributed by atoms with Gasteiger partial charge in [-0.05, 0) is 49.5 Å². The van der Waals surface area contributed by atoms with Gasteiger partial charge in [0.2, 0.25) is 5.91 Å². The van der Waals surface area contributed by atoms with Crippen LogP contribution in [0.25, 0.3) is 0 Å². The molecule has 102 valence electrons. The molecule has 1 unspecified atom stereocenters. The van der Waals surface area contributed by atoms with Crippen LogP contribution in [0.2, 0.25) is 5.02 Å². The fourth-order valence-corrected chi connectivity index (χ4v) is 3.30. The van der Waals surface area contributed by atoms with Gasteiger partial charge in [0.05, 0.1) is 6.42 Å². The summed E-state index contributed by atoms with van der Waals surface area (Å²) in [5.74, 6) is 0.806. The number of halogens is 1. The lowest BCUT2D eigenvalue weighted by Gasteiger charge is -2.44. The second-order valence-corrected chi connectivity index (χ2v) is 6.05. The molecule has 19 heavy (non-hydrogen) atoms. The van der Waals surface area contributed by atoms with Gasteiger partial charge in [0.15, 0.2) is 0 Å². The average Bonchev–Trinajstić information content (AvgIpc) is 2.43. The van der Waals surface area contributed by atoms with Crippen LogP contribution in [0.3, 0.4) is 0 Å². The fraction of sp³-hybridized carbons (Fsp3) is 0.533. The molecule has 3 aliphatic rings. The second kappa shape index (κ2) is 5.51. The number of amides is 1. The van der Waals surface area contributed by atoms with Gasteiger partial charge in [0.25, 0.3) is 0 Å². The molecule has 2 bridgehead atoms. The van der Waals surface area contributed by atoms with E-state index in [0.717, 1.165) is 12.1 Å². The smallest absolute Gasteiger partial charge is 0.224 e. The Labute approximate surface area is 118 Å². The molecule has 3 nitrogen and oxygen atoms in total. The minimum atomic E-state index is 0.126. The second-order valence-electron chi connectivity index (χ2n) is 5.62. The molecule has 0 radical (unpaired) electrons. The minimum absolute atomic E-state index is 0.126. The molecule has 0 saturated carbocycles. The van der Waals surface area contributed by atoms with E-state index >= 15 is 0 Å². The van der Waals surface area contributed by atoms with E-state index in [1.54, 1.807) is 0 Å². The van der Waals surface area contributed by atoms with Gasteiger partial charge >= 0.3 is 0 Å². The molecular weight excluding hydrogens is 260 g/mol. The highest BCUT2D eigenvalue weighted by Gasteiger charge is 2.34. The van der Waals surface area contributed by atoms with Crippen molar-refractivity contribution in [3.05, 3.63) is 34.9 Å². The van der Waals surface area contributed by atoms with Gasteiger partial charge in [-0.3, -0.25) is 4.79 Å². The molecular formula is C15H19ClN2O. The monoisotopic (exact) mass is 278 g/mol. The molecule has 4 rings (SSSR count).